The summed E-state index contributed by atoms with van der Waals surface area (Å²) in [5.41, 5.74) is 0. The van der Waals surface area contributed by atoms with Crippen LogP contribution in [0.25, 0.3) is 0 Å². The van der Waals surface area contributed by atoms with Gasteiger partial charge in [-0.1, -0.05) is 98.9 Å². The summed E-state index contributed by atoms with van der Waals surface area (Å²) >= 11 is 0. The van der Waals surface area contributed by atoms with Crippen molar-refractivity contribution in [2.45, 2.75) is 98.9 Å². The van der Waals surface area contributed by atoms with Gasteiger partial charge in [-0.25, -0.2) is 0 Å². The first-order chi connectivity index (χ1) is 7.00. The highest BCUT2D eigenvalue weighted by atomic mass is 13.0. The quantitative estimate of drug-likeness (QED) is 0.390. The van der Waals surface area contributed by atoms with Crippen LogP contribution in [0.3, 0.4) is 0 Å². The lowest BCUT2D eigenvalue weighted by Crippen LogP contribution is -0.856. The van der Waals surface area contributed by atoms with E-state index >= 15 is 0 Å². The SMILES string of the molecule is C.C.C.CC.CC.CC.CC.CC.[3H]C.[3H][3H]. The smallest absolute Gasteiger partial charge is 0.0194 e. The van der Waals surface area contributed by atoms with Gasteiger partial charge in [0.15, 0.2) is 0 Å². The molecule has 0 rings (SSSR count). The Morgan fingerprint density at radius 3 is 0.500 bits per heavy atom. The molecule has 14 heavy (non-hydrogen) atoms. The van der Waals surface area contributed by atoms with Gasteiger partial charge < -0.3 is 0 Å². The van der Waals surface area contributed by atoms with E-state index in [9.17, 15) is 0 Å². The van der Waals surface area contributed by atoms with Crippen molar-refractivity contribution in [3.05, 3.63) is 0 Å². The van der Waals surface area contributed by atoms with Crippen molar-refractivity contribution in [1.82, 2.24) is 0 Å². The van der Waals surface area contributed by atoms with E-state index in [4.69, 9.17) is 4.34 Å². The summed E-state index contributed by atoms with van der Waals surface area (Å²) in [6, 6.07) is 0. The Morgan fingerprint density at radius 2 is 0.500 bits per heavy atom. The van der Waals surface area contributed by atoms with Crippen LogP contribution in [0.1, 0.15) is 103 Å². The van der Waals surface area contributed by atoms with Crippen LogP contribution in [0.15, 0.2) is 0 Å². The third-order valence-electron chi connectivity index (χ3n) is 0. The zero-order valence-electron chi connectivity index (χ0n) is 14.0. The molecule has 0 fully saturated rings. The van der Waals surface area contributed by atoms with E-state index in [1.807, 2.05) is 69.2 Å². The minimum absolute atomic E-state index is 0. The van der Waals surface area contributed by atoms with E-state index < -0.39 is 0 Å². The normalized spacial score (nSPS) is 3.21. The van der Waals surface area contributed by atoms with Gasteiger partial charge in [-0.15, -0.1) is 0 Å². The van der Waals surface area contributed by atoms with Gasteiger partial charge in [0, 0.05) is 4.34 Å². The molecule has 0 spiro atoms. The van der Waals surface area contributed by atoms with Crippen LogP contribution in [0.2, 0.25) is 0 Å². The molecule has 0 aliphatic heterocycles. The van der Waals surface area contributed by atoms with Crippen LogP contribution in [0.4, 0.5) is 0 Å². The fourth-order valence-corrected chi connectivity index (χ4v) is 0. The van der Waals surface area contributed by atoms with Crippen LogP contribution >= 0.6 is 0 Å². The van der Waals surface area contributed by atoms with Gasteiger partial charge >= 0.3 is 0 Å². The van der Waals surface area contributed by atoms with E-state index in [-0.39, 0.29) is 22.3 Å². The molecule has 0 nitrogen and oxygen atoms in total. The van der Waals surface area contributed by atoms with Crippen LogP contribution in [-0.4, -0.2) is 0 Å². The molecule has 0 aromatic heterocycles. The Kier molecular flexibility index (Phi) is 0. The molecule has 0 saturated heterocycles. The first kappa shape index (κ1) is 48.3. The third-order valence-corrected chi connectivity index (χ3v) is 0. The molecule has 0 amide bonds. The van der Waals surface area contributed by atoms with E-state index in [1.165, 1.54) is 7.40 Å². The zero-order valence-corrected chi connectivity index (χ0v) is 11.0. The van der Waals surface area contributed by atoms with Crippen molar-refractivity contribution in [2.24, 2.45) is 0 Å². The highest BCUT2D eigenvalue weighted by Crippen LogP contribution is 1.15. The van der Waals surface area contributed by atoms with Crippen LogP contribution < -0.4 is 0 Å². The molecule has 0 aliphatic carbocycles. The van der Waals surface area contributed by atoms with E-state index in [0.29, 0.717) is 0 Å². The molecule has 0 heteroatoms. The summed E-state index contributed by atoms with van der Waals surface area (Å²) < 4.78 is 15.8. The van der Waals surface area contributed by atoms with Crippen LogP contribution in [-0.2, 0) is 0 Å². The topological polar surface area (TPSA) is 0 Å². The molecule has 0 saturated carbocycles. The number of hydrogen-bond acceptors (Lipinski definition) is 0. The fourth-order valence-electron chi connectivity index (χ4n) is 0. The maximum Gasteiger partial charge on any atom is 0.0194 e. The molecule has 0 radical (unpaired) electrons. The van der Waals surface area contributed by atoms with Gasteiger partial charge in [0.2, 0.25) is 0 Å². The summed E-state index contributed by atoms with van der Waals surface area (Å²) in [6.07, 6.45) is 0. The second kappa shape index (κ2) is 0. The average Bonchev–Trinajstić information content (AvgIpc) is 2.45. The fraction of sp³-hybridized carbons (Fsp3) is 1.00. The first-order valence-electron chi connectivity index (χ1n) is 7.00. The van der Waals surface area contributed by atoms with Gasteiger partial charge in [-0.3, -0.25) is 0 Å². The highest BCUT2D eigenvalue weighted by molar-refractivity contribution is 3.51. The second-order valence-electron chi connectivity index (χ2n) is 0. The first-order valence-corrected chi connectivity index (χ1v) is 5.00. The van der Waals surface area contributed by atoms with Crippen molar-refractivity contribution in [3.8, 4) is 0 Å². The van der Waals surface area contributed by atoms with E-state index in [0.717, 1.165) is 0 Å². The molecule has 0 bridgehead atoms. The minimum atomic E-state index is 0. The maximum atomic E-state index is 5.75. The molecule has 0 atom stereocenters. The second-order valence-corrected chi connectivity index (χ2v) is 0. The summed E-state index contributed by atoms with van der Waals surface area (Å²) in [5.74, 6) is 0. The van der Waals surface area contributed by atoms with Gasteiger partial charge in [-0.05, 0) is 0 Å². The Balaban J connectivity index is -0.00000000408. The molecule has 104 valence electrons. The number of rotatable bonds is 0. The van der Waals surface area contributed by atoms with Gasteiger partial charge in [0.25, 0.3) is 0 Å². The molecule has 0 aromatic rings. The van der Waals surface area contributed by atoms with Crippen LogP contribution in [0, 0.1) is 0 Å². The molecule has 0 unspecified atom stereocenters. The molecular formula is C14H48. The van der Waals surface area contributed by atoms with Crippen molar-refractivity contribution in [2.75, 3.05) is 0 Å². The van der Waals surface area contributed by atoms with Crippen molar-refractivity contribution in [1.29, 1.82) is 0 Å². The standard InChI is InChI=1S/5C2H6.4CH4.H2/c5*1-2;;;;;/h5*1-2H3;4*1H4;1H/i;;;;;1T;;;;1+2T. The number of hydrogen-bond donors (Lipinski definition) is 0. The Morgan fingerprint density at radius 1 is 0.500 bits per heavy atom. The molecule has 0 aliphatic rings. The summed E-state index contributed by atoms with van der Waals surface area (Å²) in [4.78, 5) is 0. The molecular weight excluding hydrogens is 168 g/mol. The molecule has 0 heterocycles. The lowest BCUT2D eigenvalue weighted by atomic mass is 11.0. The van der Waals surface area contributed by atoms with Crippen molar-refractivity contribution < 1.29 is 4.34 Å². The van der Waals surface area contributed by atoms with E-state index in [2.05, 4.69) is 0 Å². The largest absolute Gasteiger partial charge is 0.0776 e. The third kappa shape index (κ3) is 0. The maximum absolute atomic E-state index is 5.75. The minimum Gasteiger partial charge on any atom is -0.0776 e. The Hall–Kier alpha value is 0. The monoisotopic (exact) mass is 222 g/mol. The lowest BCUT2D eigenvalue weighted by molar-refractivity contribution is 1.50. The summed E-state index contributed by atoms with van der Waals surface area (Å²) in [6.45, 7) is 20.0. The average molecular weight is 223 g/mol. The predicted octanol–water partition coefficient (Wildman–Crippen LogP) is 7.92. The molecule has 0 N–H and O–H groups in total. The van der Waals surface area contributed by atoms with Crippen LogP contribution in [0.5, 0.6) is 0 Å². The molecule has 0 aromatic carbocycles. The van der Waals surface area contributed by atoms with Crippen molar-refractivity contribution in [3.63, 3.8) is 0 Å². The summed E-state index contributed by atoms with van der Waals surface area (Å²) in [7, 11) is 1.25. The van der Waals surface area contributed by atoms with Gasteiger partial charge in [0.1, 0.15) is 0 Å². The highest BCUT2D eigenvalue weighted by Gasteiger charge is 0.940. The predicted molar refractivity (Wildman–Crippen MR) is 85.8 cm³/mol. The van der Waals surface area contributed by atoms with Gasteiger partial charge in [-0.2, -0.15) is 0 Å². The Labute approximate surface area is 104 Å². The zero-order chi connectivity index (χ0) is 14.0. The lowest BCUT2D eigenvalue weighted by Gasteiger charge is -1.07. The van der Waals surface area contributed by atoms with E-state index in [1.54, 1.807) is 0 Å². The summed E-state index contributed by atoms with van der Waals surface area (Å²) in [5, 5.41) is 0. The van der Waals surface area contributed by atoms with Gasteiger partial charge in [0.05, 0.1) is 0 Å². The Bertz CT molecular complexity index is 11.4. The van der Waals surface area contributed by atoms with Crippen molar-refractivity contribution >= 4 is 0 Å².